The Hall–Kier alpha value is -2.84. The minimum Gasteiger partial charge on any atom is -0.486 e. The van der Waals surface area contributed by atoms with E-state index in [9.17, 15) is 13.2 Å². The molecule has 2 aromatic rings. The average Bonchev–Trinajstić information content (AvgIpc) is 2.78. The summed E-state index contributed by atoms with van der Waals surface area (Å²) >= 11 is 0. The molecular formula is C24H27NO6S. The second-order valence-corrected chi connectivity index (χ2v) is 10.1. The van der Waals surface area contributed by atoms with E-state index in [1.165, 1.54) is 9.88 Å². The summed E-state index contributed by atoms with van der Waals surface area (Å²) in [5, 5.41) is 9.06. The van der Waals surface area contributed by atoms with Gasteiger partial charge < -0.3 is 14.6 Å². The maximum Gasteiger partial charge on any atom is 0.303 e. The number of carbonyl (C=O) groups is 1. The molecule has 32 heavy (non-hydrogen) atoms. The van der Waals surface area contributed by atoms with Crippen LogP contribution in [0.4, 0.5) is 5.69 Å². The predicted octanol–water partition coefficient (Wildman–Crippen LogP) is 4.01. The number of fused-ring (bicyclic) bond motifs is 1. The Morgan fingerprint density at radius 1 is 1.25 bits per heavy atom. The van der Waals surface area contributed by atoms with Crippen molar-refractivity contribution in [1.29, 1.82) is 0 Å². The number of benzene rings is 2. The smallest absolute Gasteiger partial charge is 0.303 e. The fourth-order valence-corrected chi connectivity index (χ4v) is 5.61. The van der Waals surface area contributed by atoms with Crippen LogP contribution in [0.2, 0.25) is 0 Å². The molecule has 2 heterocycles. The summed E-state index contributed by atoms with van der Waals surface area (Å²) in [7, 11) is -3.86. The van der Waals surface area contributed by atoms with E-state index < -0.39 is 22.1 Å². The highest BCUT2D eigenvalue weighted by Crippen LogP contribution is 2.39. The third kappa shape index (κ3) is 4.97. The van der Waals surface area contributed by atoms with E-state index in [-0.39, 0.29) is 24.3 Å². The Morgan fingerprint density at radius 2 is 2.09 bits per heavy atom. The lowest BCUT2D eigenvalue weighted by molar-refractivity contribution is -0.137. The number of aryl methyl sites for hydroxylation is 1. The summed E-state index contributed by atoms with van der Waals surface area (Å²) in [6.07, 6.45) is 3.54. The summed E-state index contributed by atoms with van der Waals surface area (Å²) in [4.78, 5) is 11.3. The second kappa shape index (κ2) is 9.34. The Labute approximate surface area is 188 Å². The van der Waals surface area contributed by atoms with Crippen LogP contribution in [0.15, 0.2) is 52.9 Å². The monoisotopic (exact) mass is 457 g/mol. The van der Waals surface area contributed by atoms with Crippen molar-refractivity contribution >= 4 is 27.8 Å². The van der Waals surface area contributed by atoms with Crippen LogP contribution in [-0.4, -0.2) is 45.4 Å². The first-order chi connectivity index (χ1) is 15.3. The summed E-state index contributed by atoms with van der Waals surface area (Å²) in [6, 6.07) is 12.2. The number of sulfonamides is 1. The lowest BCUT2D eigenvalue weighted by Gasteiger charge is -2.35. The highest BCUT2D eigenvalue weighted by atomic mass is 32.2. The van der Waals surface area contributed by atoms with Crippen molar-refractivity contribution in [3.63, 3.8) is 0 Å². The van der Waals surface area contributed by atoms with E-state index in [1.54, 1.807) is 24.3 Å². The maximum absolute atomic E-state index is 13.6. The molecule has 0 bridgehead atoms. The molecule has 1 fully saturated rings. The summed E-state index contributed by atoms with van der Waals surface area (Å²) < 4.78 is 40.1. The number of nitrogens with zero attached hydrogens (tertiary/aromatic N) is 1. The summed E-state index contributed by atoms with van der Waals surface area (Å²) in [5.74, 6) is -0.505. The molecule has 170 valence electrons. The number of aliphatic carboxylic acids is 1. The third-order valence-corrected chi connectivity index (χ3v) is 7.39. The minimum atomic E-state index is -3.86. The molecule has 0 aliphatic carbocycles. The van der Waals surface area contributed by atoms with Gasteiger partial charge in [-0.15, -0.1) is 0 Å². The number of hydrogen-bond donors (Lipinski definition) is 1. The van der Waals surface area contributed by atoms with E-state index >= 15 is 0 Å². The van der Waals surface area contributed by atoms with Crippen LogP contribution < -0.4 is 9.04 Å². The molecular weight excluding hydrogens is 430 g/mol. The molecule has 2 aliphatic heterocycles. The minimum absolute atomic E-state index is 0.0552. The molecule has 4 rings (SSSR count). The first-order valence-corrected chi connectivity index (χ1v) is 12.2. The van der Waals surface area contributed by atoms with Gasteiger partial charge in [0.2, 0.25) is 0 Å². The van der Waals surface area contributed by atoms with E-state index in [4.69, 9.17) is 14.6 Å². The molecule has 7 nitrogen and oxygen atoms in total. The van der Waals surface area contributed by atoms with Crippen molar-refractivity contribution in [2.24, 2.45) is 0 Å². The number of hydrogen-bond acceptors (Lipinski definition) is 5. The molecule has 0 unspecified atom stereocenters. The van der Waals surface area contributed by atoms with Crippen molar-refractivity contribution in [2.45, 2.75) is 43.6 Å². The normalized spacial score (nSPS) is 20.0. The predicted molar refractivity (Wildman–Crippen MR) is 121 cm³/mol. The maximum atomic E-state index is 13.6. The SMILES string of the molecule is Cc1cccc(S(=O)(=O)N2C[C@H](CCC(=O)O)Oc3ccc(/C=C4\CCCOC4)cc32)c1. The Balaban J connectivity index is 1.73. The van der Waals surface area contributed by atoms with Crippen molar-refractivity contribution in [1.82, 2.24) is 0 Å². The van der Waals surface area contributed by atoms with Crippen molar-refractivity contribution in [2.75, 3.05) is 24.1 Å². The van der Waals surface area contributed by atoms with E-state index in [0.717, 1.165) is 30.6 Å². The van der Waals surface area contributed by atoms with Gasteiger partial charge in [0.15, 0.2) is 0 Å². The molecule has 1 atom stereocenters. The second-order valence-electron chi connectivity index (χ2n) is 8.21. The number of carboxylic acids is 1. The Bertz CT molecular complexity index is 1130. The zero-order valence-electron chi connectivity index (χ0n) is 18.0. The molecule has 0 amide bonds. The largest absolute Gasteiger partial charge is 0.486 e. The first kappa shape index (κ1) is 22.4. The van der Waals surface area contributed by atoms with Crippen LogP contribution in [0.1, 0.15) is 36.8 Å². The third-order valence-electron chi connectivity index (χ3n) is 5.62. The zero-order chi connectivity index (χ0) is 22.7. The number of rotatable bonds is 6. The van der Waals surface area contributed by atoms with Crippen LogP contribution in [0.25, 0.3) is 6.08 Å². The summed E-state index contributed by atoms with van der Waals surface area (Å²) in [6.45, 7) is 3.24. The van der Waals surface area contributed by atoms with Crippen LogP contribution in [-0.2, 0) is 19.6 Å². The first-order valence-electron chi connectivity index (χ1n) is 10.7. The van der Waals surface area contributed by atoms with Gasteiger partial charge in [0.1, 0.15) is 11.9 Å². The Morgan fingerprint density at radius 3 is 2.81 bits per heavy atom. The van der Waals surface area contributed by atoms with E-state index in [1.807, 2.05) is 31.2 Å². The van der Waals surface area contributed by atoms with E-state index in [0.29, 0.717) is 18.0 Å². The van der Waals surface area contributed by atoms with Crippen molar-refractivity contribution in [3.05, 3.63) is 59.2 Å². The zero-order valence-corrected chi connectivity index (χ0v) is 18.8. The average molecular weight is 458 g/mol. The topological polar surface area (TPSA) is 93.1 Å². The van der Waals surface area contributed by atoms with Gasteiger partial charge in [0.05, 0.1) is 23.7 Å². The number of carboxylic acid groups (broad SMARTS) is 1. The summed E-state index contributed by atoms with van der Waals surface area (Å²) in [5.41, 5.74) is 3.35. The van der Waals surface area contributed by atoms with Crippen molar-refractivity contribution < 1.29 is 27.8 Å². The van der Waals surface area contributed by atoms with Gasteiger partial charge in [0.25, 0.3) is 10.0 Å². The van der Waals surface area contributed by atoms with Crippen LogP contribution in [0.3, 0.4) is 0 Å². The van der Waals surface area contributed by atoms with Gasteiger partial charge in [-0.25, -0.2) is 8.42 Å². The van der Waals surface area contributed by atoms with Gasteiger partial charge in [-0.05, 0) is 67.2 Å². The van der Waals surface area contributed by atoms with Crippen molar-refractivity contribution in [3.8, 4) is 5.75 Å². The van der Waals surface area contributed by atoms with Crippen LogP contribution in [0, 0.1) is 6.92 Å². The molecule has 0 spiro atoms. The standard InChI is InChI=1S/C24H27NO6S/c1-17-4-2-6-21(12-17)32(28,29)25-15-20(8-10-24(26)27)31-23-9-7-18(14-22(23)25)13-19-5-3-11-30-16-19/h2,4,6-7,9,12-14,20H,3,5,8,10-11,15-16H2,1H3,(H,26,27)/b19-13+/t20-/m0/s1. The lowest BCUT2D eigenvalue weighted by atomic mass is 10.0. The number of anilines is 1. The molecule has 0 saturated carbocycles. The molecule has 0 aromatic heterocycles. The lowest BCUT2D eigenvalue weighted by Crippen LogP contribution is -2.43. The fourth-order valence-electron chi connectivity index (χ4n) is 4.01. The van der Waals surface area contributed by atoms with Gasteiger partial charge in [-0.3, -0.25) is 9.10 Å². The molecule has 2 aliphatic rings. The quantitative estimate of drug-likeness (QED) is 0.705. The molecule has 2 aromatic carbocycles. The van der Waals surface area contributed by atoms with Gasteiger partial charge in [-0.1, -0.05) is 24.3 Å². The molecule has 1 saturated heterocycles. The molecule has 1 N–H and O–H groups in total. The van der Waals surface area contributed by atoms with Gasteiger partial charge >= 0.3 is 5.97 Å². The fraction of sp³-hybridized carbons (Fsp3) is 0.375. The highest BCUT2D eigenvalue weighted by molar-refractivity contribution is 7.92. The molecule has 0 radical (unpaired) electrons. The van der Waals surface area contributed by atoms with E-state index in [2.05, 4.69) is 0 Å². The van der Waals surface area contributed by atoms with Crippen LogP contribution in [0.5, 0.6) is 5.75 Å². The van der Waals surface area contributed by atoms with Gasteiger partial charge in [-0.2, -0.15) is 0 Å². The highest BCUT2D eigenvalue weighted by Gasteiger charge is 2.35. The number of ether oxygens (including phenoxy) is 2. The molecule has 8 heteroatoms. The Kier molecular flexibility index (Phi) is 6.53. The van der Waals surface area contributed by atoms with Gasteiger partial charge in [0, 0.05) is 13.0 Å². The van der Waals surface area contributed by atoms with Crippen LogP contribution >= 0.6 is 0 Å².